The van der Waals surface area contributed by atoms with Crippen LogP contribution in [0.2, 0.25) is 0 Å². The molecule has 0 saturated carbocycles. The molecule has 0 aliphatic carbocycles. The zero-order valence-corrected chi connectivity index (χ0v) is 13.3. The van der Waals surface area contributed by atoms with E-state index >= 15 is 0 Å². The van der Waals surface area contributed by atoms with Crippen LogP contribution in [-0.4, -0.2) is 35.8 Å². The number of aromatic amines is 1. The van der Waals surface area contributed by atoms with Crippen LogP contribution in [0.5, 0.6) is 11.8 Å². The standard InChI is InChI=1S/C15H17N5O4/c1-9-4-5-10(8-16-9)24-14-17-11-12(18-14)19(2)15(23)20(13(11)22)6-3-7-21/h4-5,8,21H,3,6-7H2,1-2H3,(H,17,18). The molecule has 24 heavy (non-hydrogen) atoms. The summed E-state index contributed by atoms with van der Waals surface area (Å²) in [5.74, 6) is 0.463. The zero-order valence-electron chi connectivity index (χ0n) is 13.3. The number of aliphatic hydroxyl groups excluding tert-OH is 1. The first-order valence-corrected chi connectivity index (χ1v) is 7.42. The maximum absolute atomic E-state index is 12.4. The fourth-order valence-corrected chi connectivity index (χ4v) is 2.33. The van der Waals surface area contributed by atoms with Gasteiger partial charge in [0, 0.05) is 25.9 Å². The molecule has 126 valence electrons. The van der Waals surface area contributed by atoms with Gasteiger partial charge in [0.15, 0.2) is 11.2 Å². The predicted molar refractivity (Wildman–Crippen MR) is 86.3 cm³/mol. The Balaban J connectivity index is 2.05. The van der Waals surface area contributed by atoms with E-state index in [-0.39, 0.29) is 30.3 Å². The van der Waals surface area contributed by atoms with Crippen molar-refractivity contribution < 1.29 is 9.84 Å². The van der Waals surface area contributed by atoms with Crippen LogP contribution >= 0.6 is 0 Å². The Kier molecular flexibility index (Phi) is 4.17. The van der Waals surface area contributed by atoms with Gasteiger partial charge in [-0.3, -0.25) is 18.9 Å². The van der Waals surface area contributed by atoms with Gasteiger partial charge in [0.05, 0.1) is 6.20 Å². The Bertz CT molecular complexity index is 984. The number of imidazole rings is 1. The highest BCUT2D eigenvalue weighted by atomic mass is 16.5. The Hall–Kier alpha value is -2.94. The van der Waals surface area contributed by atoms with E-state index in [0.717, 1.165) is 10.3 Å². The molecule has 0 aromatic carbocycles. The van der Waals surface area contributed by atoms with Crippen molar-refractivity contribution >= 4 is 11.2 Å². The van der Waals surface area contributed by atoms with Crippen LogP contribution in [0.25, 0.3) is 11.2 Å². The third-order valence-corrected chi connectivity index (χ3v) is 3.60. The van der Waals surface area contributed by atoms with Gasteiger partial charge in [-0.15, -0.1) is 0 Å². The third kappa shape index (κ3) is 2.81. The van der Waals surface area contributed by atoms with E-state index in [9.17, 15) is 9.59 Å². The van der Waals surface area contributed by atoms with E-state index < -0.39 is 11.2 Å². The minimum absolute atomic E-state index is 0.0997. The van der Waals surface area contributed by atoms with Gasteiger partial charge in [0.2, 0.25) is 0 Å². The summed E-state index contributed by atoms with van der Waals surface area (Å²) < 4.78 is 7.89. The maximum Gasteiger partial charge on any atom is 0.332 e. The first kappa shape index (κ1) is 15.9. The van der Waals surface area contributed by atoms with Crippen molar-refractivity contribution in [2.75, 3.05) is 6.61 Å². The molecule has 0 unspecified atom stereocenters. The van der Waals surface area contributed by atoms with Gasteiger partial charge in [0.1, 0.15) is 5.75 Å². The molecule has 3 aromatic rings. The van der Waals surface area contributed by atoms with Gasteiger partial charge >= 0.3 is 11.7 Å². The van der Waals surface area contributed by atoms with Gasteiger partial charge in [-0.05, 0) is 25.5 Å². The minimum atomic E-state index is -0.495. The lowest BCUT2D eigenvalue weighted by molar-refractivity contribution is 0.277. The lowest BCUT2D eigenvalue weighted by Gasteiger charge is -2.06. The van der Waals surface area contributed by atoms with Crippen molar-refractivity contribution in [3.8, 4) is 11.8 Å². The summed E-state index contributed by atoms with van der Waals surface area (Å²) in [7, 11) is 1.53. The number of rotatable bonds is 5. The van der Waals surface area contributed by atoms with Crippen LogP contribution in [0.4, 0.5) is 0 Å². The number of H-pyrrole nitrogens is 1. The highest BCUT2D eigenvalue weighted by Crippen LogP contribution is 2.19. The summed E-state index contributed by atoms with van der Waals surface area (Å²) in [6.45, 7) is 1.88. The summed E-state index contributed by atoms with van der Waals surface area (Å²) in [5.41, 5.74) is 0.244. The number of aliphatic hydroxyl groups is 1. The highest BCUT2D eigenvalue weighted by molar-refractivity contribution is 5.70. The summed E-state index contributed by atoms with van der Waals surface area (Å²) in [6.07, 6.45) is 1.86. The molecule has 3 heterocycles. The van der Waals surface area contributed by atoms with Crippen LogP contribution in [0.1, 0.15) is 12.1 Å². The van der Waals surface area contributed by atoms with E-state index in [4.69, 9.17) is 9.84 Å². The third-order valence-electron chi connectivity index (χ3n) is 3.60. The molecule has 0 aliphatic rings. The number of hydrogen-bond donors (Lipinski definition) is 2. The molecule has 0 spiro atoms. The van der Waals surface area contributed by atoms with Crippen molar-refractivity contribution in [2.24, 2.45) is 7.05 Å². The number of hydrogen-bond acceptors (Lipinski definition) is 6. The zero-order chi connectivity index (χ0) is 17.3. The second kappa shape index (κ2) is 6.28. The second-order valence-electron chi connectivity index (χ2n) is 5.35. The monoisotopic (exact) mass is 331 g/mol. The Morgan fingerprint density at radius 3 is 2.79 bits per heavy atom. The van der Waals surface area contributed by atoms with Crippen molar-refractivity contribution in [3.63, 3.8) is 0 Å². The Morgan fingerprint density at radius 2 is 2.12 bits per heavy atom. The quantitative estimate of drug-likeness (QED) is 0.695. The van der Waals surface area contributed by atoms with Crippen molar-refractivity contribution in [1.82, 2.24) is 24.1 Å². The lowest BCUT2D eigenvalue weighted by atomic mass is 10.4. The van der Waals surface area contributed by atoms with Crippen LogP contribution < -0.4 is 16.0 Å². The van der Waals surface area contributed by atoms with Crippen LogP contribution in [0, 0.1) is 6.92 Å². The lowest BCUT2D eigenvalue weighted by Crippen LogP contribution is -2.39. The minimum Gasteiger partial charge on any atom is -0.424 e. The Morgan fingerprint density at radius 1 is 1.33 bits per heavy atom. The molecule has 3 aromatic heterocycles. The molecule has 0 amide bonds. The predicted octanol–water partition coefficient (Wildman–Crippen LogP) is 0.301. The largest absolute Gasteiger partial charge is 0.424 e. The molecule has 9 nitrogen and oxygen atoms in total. The second-order valence-corrected chi connectivity index (χ2v) is 5.35. The fraction of sp³-hybridized carbons (Fsp3) is 0.333. The molecule has 0 bridgehead atoms. The van der Waals surface area contributed by atoms with Gasteiger partial charge in [-0.25, -0.2) is 4.79 Å². The SMILES string of the molecule is Cc1ccc(Oc2nc3c([nH]2)c(=O)n(CCCO)c(=O)n3C)cn1. The molecule has 0 aliphatic heterocycles. The first-order chi connectivity index (χ1) is 11.5. The summed E-state index contributed by atoms with van der Waals surface area (Å²) in [6, 6.07) is 3.62. The van der Waals surface area contributed by atoms with Crippen molar-refractivity contribution in [3.05, 3.63) is 44.9 Å². The molecular weight excluding hydrogens is 314 g/mol. The van der Waals surface area contributed by atoms with Gasteiger partial charge in [0.25, 0.3) is 5.56 Å². The number of fused-ring (bicyclic) bond motifs is 1. The average molecular weight is 331 g/mol. The van der Waals surface area contributed by atoms with E-state index in [2.05, 4.69) is 15.0 Å². The Labute approximate surface area is 136 Å². The normalized spacial score (nSPS) is 11.1. The molecular formula is C15H17N5O4. The highest BCUT2D eigenvalue weighted by Gasteiger charge is 2.16. The molecule has 0 radical (unpaired) electrons. The molecule has 2 N–H and O–H groups in total. The van der Waals surface area contributed by atoms with E-state index in [1.54, 1.807) is 18.3 Å². The number of nitrogens with zero attached hydrogens (tertiary/aromatic N) is 4. The van der Waals surface area contributed by atoms with E-state index in [0.29, 0.717) is 12.2 Å². The molecule has 3 rings (SSSR count). The van der Waals surface area contributed by atoms with E-state index in [1.165, 1.54) is 11.6 Å². The average Bonchev–Trinajstić information content (AvgIpc) is 2.99. The van der Waals surface area contributed by atoms with Crippen LogP contribution in [-0.2, 0) is 13.6 Å². The molecule has 0 saturated heterocycles. The maximum atomic E-state index is 12.4. The summed E-state index contributed by atoms with van der Waals surface area (Å²) >= 11 is 0. The number of ether oxygens (including phenoxy) is 1. The number of aryl methyl sites for hydroxylation is 2. The van der Waals surface area contributed by atoms with Crippen LogP contribution in [0.15, 0.2) is 27.9 Å². The number of pyridine rings is 1. The van der Waals surface area contributed by atoms with Crippen LogP contribution in [0.3, 0.4) is 0 Å². The fourth-order valence-electron chi connectivity index (χ4n) is 2.33. The van der Waals surface area contributed by atoms with Gasteiger partial charge in [-0.2, -0.15) is 4.98 Å². The number of aromatic nitrogens is 5. The van der Waals surface area contributed by atoms with Gasteiger partial charge < -0.3 is 14.8 Å². The summed E-state index contributed by atoms with van der Waals surface area (Å²) in [4.78, 5) is 35.8. The topological polar surface area (TPSA) is 115 Å². The van der Waals surface area contributed by atoms with Crippen molar-refractivity contribution in [1.29, 1.82) is 0 Å². The van der Waals surface area contributed by atoms with E-state index in [1.807, 2.05) is 6.92 Å². The van der Waals surface area contributed by atoms with Crippen molar-refractivity contribution in [2.45, 2.75) is 19.9 Å². The first-order valence-electron chi connectivity index (χ1n) is 7.42. The van der Waals surface area contributed by atoms with Gasteiger partial charge in [-0.1, -0.05) is 0 Å². The molecule has 9 heteroatoms. The number of nitrogens with one attached hydrogen (secondary N) is 1. The summed E-state index contributed by atoms with van der Waals surface area (Å²) in [5, 5.41) is 8.91. The molecule has 0 atom stereocenters. The molecule has 0 fully saturated rings. The smallest absolute Gasteiger partial charge is 0.332 e.